The third-order valence-electron chi connectivity index (χ3n) is 10.9. The van der Waals surface area contributed by atoms with Gasteiger partial charge in [0.2, 0.25) is 0 Å². The smallest absolute Gasteiger partial charge is 0.319 e. The van der Waals surface area contributed by atoms with Crippen LogP contribution in [0.15, 0.2) is 72.8 Å². The number of halogens is 3. The SMILES string of the molecule is C#Cc1cccc2cccc(-c3ncc4c(N5C[C@H](C)N(C(=O)/C(F)=C/c6ccccn6)C[C@H]5C)nc(OC[C@@]56CCCN5C[C@H](F)C6)nc4c3F)c12. The van der Waals surface area contributed by atoms with Gasteiger partial charge in [-0.15, -0.1) is 6.42 Å². The number of amides is 1. The molecule has 270 valence electrons. The van der Waals surface area contributed by atoms with Crippen LogP contribution in [0.4, 0.5) is 19.0 Å². The first-order valence-electron chi connectivity index (χ1n) is 17.9. The molecule has 53 heavy (non-hydrogen) atoms. The van der Waals surface area contributed by atoms with Crippen LogP contribution in [0.3, 0.4) is 0 Å². The van der Waals surface area contributed by atoms with Crippen LogP contribution in [0.5, 0.6) is 6.01 Å². The maximum atomic E-state index is 17.0. The van der Waals surface area contributed by atoms with Gasteiger partial charge in [0.15, 0.2) is 11.6 Å². The number of anilines is 1. The first kappa shape index (κ1) is 34.5. The summed E-state index contributed by atoms with van der Waals surface area (Å²) in [5, 5.41) is 1.89. The molecular weight excluding hydrogens is 679 g/mol. The molecule has 4 atom stereocenters. The van der Waals surface area contributed by atoms with Crippen LogP contribution in [0.1, 0.15) is 44.4 Å². The van der Waals surface area contributed by atoms with Crippen molar-refractivity contribution < 1.29 is 22.7 Å². The first-order chi connectivity index (χ1) is 25.7. The van der Waals surface area contributed by atoms with E-state index in [0.29, 0.717) is 46.4 Å². The molecule has 3 aliphatic rings. The molecule has 3 aromatic heterocycles. The van der Waals surface area contributed by atoms with Crippen LogP contribution in [0, 0.1) is 18.2 Å². The number of nitrogens with zero attached hydrogens (tertiary/aromatic N) is 7. The Labute approximate surface area is 305 Å². The van der Waals surface area contributed by atoms with E-state index < -0.39 is 35.3 Å². The minimum absolute atomic E-state index is 0.00320. The lowest BCUT2D eigenvalue weighted by molar-refractivity contribution is -0.131. The van der Waals surface area contributed by atoms with Gasteiger partial charge in [0.1, 0.15) is 29.8 Å². The molecule has 0 radical (unpaired) electrons. The van der Waals surface area contributed by atoms with E-state index in [2.05, 4.69) is 25.8 Å². The second-order valence-corrected chi connectivity index (χ2v) is 14.3. The van der Waals surface area contributed by atoms with Crippen molar-refractivity contribution >= 4 is 39.5 Å². The number of carbonyl (C=O) groups is 1. The lowest BCUT2D eigenvalue weighted by atomic mass is 9.95. The fourth-order valence-corrected chi connectivity index (χ4v) is 8.29. The van der Waals surface area contributed by atoms with Gasteiger partial charge in [0.25, 0.3) is 5.91 Å². The molecule has 8 rings (SSSR count). The van der Waals surface area contributed by atoms with Gasteiger partial charge in [-0.25, -0.2) is 13.2 Å². The zero-order valence-corrected chi connectivity index (χ0v) is 29.5. The molecule has 9 nitrogen and oxygen atoms in total. The van der Waals surface area contributed by atoms with Crippen LogP contribution < -0.4 is 9.64 Å². The lowest BCUT2D eigenvalue weighted by Crippen LogP contribution is -2.58. The number of terminal acetylenes is 1. The maximum absolute atomic E-state index is 17.0. The van der Waals surface area contributed by atoms with E-state index in [1.807, 2.05) is 43.0 Å². The summed E-state index contributed by atoms with van der Waals surface area (Å²) in [6, 6.07) is 15.3. The van der Waals surface area contributed by atoms with Crippen molar-refractivity contribution in [2.24, 2.45) is 0 Å². The van der Waals surface area contributed by atoms with E-state index in [1.165, 1.54) is 11.1 Å². The van der Waals surface area contributed by atoms with Gasteiger partial charge in [0, 0.05) is 73.1 Å². The summed E-state index contributed by atoms with van der Waals surface area (Å²) in [6.45, 7) is 5.45. The van der Waals surface area contributed by atoms with E-state index >= 15 is 8.78 Å². The van der Waals surface area contributed by atoms with Crippen LogP contribution >= 0.6 is 0 Å². The number of aromatic nitrogens is 4. The monoisotopic (exact) mass is 717 g/mol. The van der Waals surface area contributed by atoms with Crippen LogP contribution in [0.25, 0.3) is 39.0 Å². The Morgan fingerprint density at radius 1 is 1.06 bits per heavy atom. The minimum atomic E-state index is -0.948. The van der Waals surface area contributed by atoms with Crippen LogP contribution in [-0.4, -0.2) is 92.2 Å². The Morgan fingerprint density at radius 3 is 2.68 bits per heavy atom. The van der Waals surface area contributed by atoms with E-state index in [9.17, 15) is 9.18 Å². The Morgan fingerprint density at radius 2 is 1.89 bits per heavy atom. The average molecular weight is 718 g/mol. The summed E-state index contributed by atoms with van der Waals surface area (Å²) >= 11 is 0. The molecule has 0 saturated carbocycles. The molecule has 3 saturated heterocycles. The number of fused-ring (bicyclic) bond motifs is 3. The number of benzene rings is 2. The van der Waals surface area contributed by atoms with E-state index in [4.69, 9.17) is 16.1 Å². The molecule has 3 fully saturated rings. The summed E-state index contributed by atoms with van der Waals surface area (Å²) in [4.78, 5) is 37.1. The topological polar surface area (TPSA) is 87.6 Å². The quantitative estimate of drug-likeness (QED) is 0.135. The number of alkyl halides is 1. The second kappa shape index (κ2) is 13.8. The molecule has 5 aromatic rings. The van der Waals surface area contributed by atoms with Crippen molar-refractivity contribution in [3.63, 3.8) is 0 Å². The highest BCUT2D eigenvalue weighted by molar-refractivity contribution is 6.02. The van der Waals surface area contributed by atoms with Crippen molar-refractivity contribution in [2.75, 3.05) is 37.7 Å². The number of piperazine rings is 1. The number of carbonyl (C=O) groups excluding carboxylic acids is 1. The Kier molecular flexibility index (Phi) is 8.98. The van der Waals surface area contributed by atoms with Crippen molar-refractivity contribution in [3.8, 4) is 29.6 Å². The molecule has 0 aliphatic carbocycles. The average Bonchev–Trinajstić information content (AvgIpc) is 3.70. The molecule has 0 unspecified atom stereocenters. The lowest BCUT2D eigenvalue weighted by Gasteiger charge is -2.44. The van der Waals surface area contributed by atoms with Crippen molar-refractivity contribution in [1.82, 2.24) is 29.7 Å². The Balaban J connectivity index is 1.19. The van der Waals surface area contributed by atoms with Gasteiger partial charge in [0.05, 0.1) is 16.6 Å². The summed E-state index contributed by atoms with van der Waals surface area (Å²) < 4.78 is 53.2. The first-order valence-corrected chi connectivity index (χ1v) is 17.9. The number of ether oxygens (including phenoxy) is 1. The number of pyridine rings is 2. The van der Waals surface area contributed by atoms with E-state index in [1.54, 1.807) is 36.5 Å². The normalized spacial score (nSPS) is 23.4. The Hall–Kier alpha value is -5.54. The zero-order valence-electron chi connectivity index (χ0n) is 29.5. The zero-order chi connectivity index (χ0) is 36.9. The van der Waals surface area contributed by atoms with Gasteiger partial charge >= 0.3 is 6.01 Å². The fraction of sp³-hybridized carbons (Fsp3) is 0.341. The second-order valence-electron chi connectivity index (χ2n) is 14.3. The van der Waals surface area contributed by atoms with E-state index in [-0.39, 0.29) is 43.0 Å². The summed E-state index contributed by atoms with van der Waals surface area (Å²) in [5.41, 5.74) is 1.07. The van der Waals surface area contributed by atoms with Gasteiger partial charge in [-0.1, -0.05) is 42.3 Å². The molecule has 0 spiro atoms. The predicted molar refractivity (Wildman–Crippen MR) is 198 cm³/mol. The molecule has 2 aromatic carbocycles. The molecule has 0 N–H and O–H groups in total. The highest BCUT2D eigenvalue weighted by Gasteiger charge is 2.49. The molecular formula is C41H38F3N7O2. The minimum Gasteiger partial charge on any atom is -0.461 e. The van der Waals surface area contributed by atoms with Gasteiger partial charge in [-0.05, 0) is 56.8 Å². The molecule has 6 heterocycles. The third kappa shape index (κ3) is 6.23. The van der Waals surface area contributed by atoms with Gasteiger partial charge in [-0.3, -0.25) is 19.7 Å². The largest absolute Gasteiger partial charge is 0.461 e. The Bertz CT molecular complexity index is 2290. The fourth-order valence-electron chi connectivity index (χ4n) is 8.29. The maximum Gasteiger partial charge on any atom is 0.319 e. The van der Waals surface area contributed by atoms with Gasteiger partial charge < -0.3 is 14.5 Å². The van der Waals surface area contributed by atoms with Crippen molar-refractivity contribution in [2.45, 2.75) is 56.9 Å². The highest BCUT2D eigenvalue weighted by Crippen LogP contribution is 2.41. The van der Waals surface area contributed by atoms with Crippen LogP contribution in [0.2, 0.25) is 0 Å². The third-order valence-corrected chi connectivity index (χ3v) is 10.9. The number of rotatable bonds is 7. The van der Waals surface area contributed by atoms with E-state index in [0.717, 1.165) is 30.8 Å². The molecule has 12 heteroatoms. The summed E-state index contributed by atoms with van der Waals surface area (Å²) in [6.07, 6.45) is 11.2. The summed E-state index contributed by atoms with van der Waals surface area (Å²) in [7, 11) is 0. The van der Waals surface area contributed by atoms with Crippen molar-refractivity contribution in [3.05, 3.63) is 89.9 Å². The molecule has 0 bridgehead atoms. The van der Waals surface area contributed by atoms with Gasteiger partial charge in [-0.2, -0.15) is 9.97 Å². The number of hydrogen-bond donors (Lipinski definition) is 0. The van der Waals surface area contributed by atoms with Crippen LogP contribution in [-0.2, 0) is 4.79 Å². The number of hydrogen-bond acceptors (Lipinski definition) is 8. The standard InChI is InChI=1S/C41H38F3N7O2/c1-4-27-10-7-11-28-12-8-14-31(34(27)28)36-35(44)37-32(20-46-36)38(48-40(47-37)53-24-41-15-9-17-49(41)23-29(42)19-41)50-21-26(3)51(22-25(50)2)39(52)33(43)18-30-13-5-6-16-45-30/h1,5-8,10-14,16,18,20,25-26,29H,9,15,17,19,21-24H2,2-3H3/b33-18-/t25-,26+,29-,41+/m1/s1. The highest BCUT2D eigenvalue weighted by atomic mass is 19.1. The predicted octanol–water partition coefficient (Wildman–Crippen LogP) is 6.75. The van der Waals surface area contributed by atoms with Crippen molar-refractivity contribution in [1.29, 1.82) is 0 Å². The summed E-state index contributed by atoms with van der Waals surface area (Å²) in [5.74, 6) is 0.756. The molecule has 1 amide bonds. The molecule has 3 aliphatic heterocycles.